The highest BCUT2D eigenvalue weighted by atomic mass is 79.9. The zero-order valence-corrected chi connectivity index (χ0v) is 13.2. The van der Waals surface area contributed by atoms with E-state index in [4.69, 9.17) is 0 Å². The van der Waals surface area contributed by atoms with Crippen LogP contribution in [0.3, 0.4) is 0 Å². The van der Waals surface area contributed by atoms with Crippen molar-refractivity contribution in [2.75, 3.05) is 16.8 Å². The number of thiophene rings is 1. The molecule has 2 heterocycles. The molecular formula is C13H18BrN3S. The van der Waals surface area contributed by atoms with Crippen LogP contribution in [0.2, 0.25) is 0 Å². The topological polar surface area (TPSA) is 29.0 Å². The van der Waals surface area contributed by atoms with E-state index in [1.807, 2.05) is 0 Å². The summed E-state index contributed by atoms with van der Waals surface area (Å²) in [7, 11) is 0. The smallest absolute Gasteiger partial charge is 0.150 e. The van der Waals surface area contributed by atoms with Crippen molar-refractivity contribution in [2.24, 2.45) is 0 Å². The molecule has 0 fully saturated rings. The first kappa shape index (κ1) is 13.7. The van der Waals surface area contributed by atoms with E-state index in [2.05, 4.69) is 56.1 Å². The third-order valence-corrected chi connectivity index (χ3v) is 4.46. The highest BCUT2D eigenvalue weighted by Crippen LogP contribution is 2.30. The summed E-state index contributed by atoms with van der Waals surface area (Å²) < 4.78 is 1.20. The quantitative estimate of drug-likeness (QED) is 0.748. The van der Waals surface area contributed by atoms with E-state index >= 15 is 0 Å². The number of rotatable bonds is 6. The lowest BCUT2D eigenvalue weighted by atomic mass is 10.1. The van der Waals surface area contributed by atoms with Gasteiger partial charge in [0.05, 0.1) is 10.2 Å². The fourth-order valence-electron chi connectivity index (χ4n) is 2.26. The summed E-state index contributed by atoms with van der Waals surface area (Å²) in [5, 5.41) is 3.04. The van der Waals surface area contributed by atoms with Gasteiger partial charge in [-0.1, -0.05) is 29.8 Å². The Hall–Kier alpha value is -0.680. The molecule has 0 unspecified atom stereocenters. The Morgan fingerprint density at radius 3 is 2.78 bits per heavy atom. The van der Waals surface area contributed by atoms with Gasteiger partial charge in [-0.05, 0) is 24.3 Å². The molecule has 5 heteroatoms. The molecule has 0 aromatic carbocycles. The van der Waals surface area contributed by atoms with Crippen LogP contribution in [0.1, 0.15) is 26.7 Å². The zero-order valence-electron chi connectivity index (χ0n) is 10.8. The average Bonchev–Trinajstić information content (AvgIpc) is 2.87. The molecule has 2 aromatic rings. The van der Waals surface area contributed by atoms with E-state index in [1.54, 1.807) is 17.7 Å². The SMILES string of the molecule is CCC(CC)N(CCBr)c1ncnc2ccsc12. The number of aromatic nitrogens is 2. The average molecular weight is 328 g/mol. The Kier molecular flexibility index (Phi) is 4.95. The Balaban J connectivity index is 2.43. The second kappa shape index (κ2) is 6.48. The second-order valence-corrected chi connectivity index (χ2v) is 5.89. The van der Waals surface area contributed by atoms with Crippen molar-refractivity contribution in [3.63, 3.8) is 0 Å². The predicted molar refractivity (Wildman–Crippen MR) is 82.9 cm³/mol. The van der Waals surface area contributed by atoms with Crippen molar-refractivity contribution in [1.82, 2.24) is 9.97 Å². The first-order valence-electron chi connectivity index (χ1n) is 6.32. The molecule has 0 N–H and O–H groups in total. The van der Waals surface area contributed by atoms with E-state index in [-0.39, 0.29) is 0 Å². The maximum Gasteiger partial charge on any atom is 0.150 e. The maximum atomic E-state index is 4.52. The molecule has 0 saturated heterocycles. The number of nitrogens with zero attached hydrogens (tertiary/aromatic N) is 3. The van der Waals surface area contributed by atoms with Crippen LogP contribution in [-0.4, -0.2) is 27.9 Å². The molecule has 0 amide bonds. The summed E-state index contributed by atoms with van der Waals surface area (Å²) in [6, 6.07) is 2.60. The van der Waals surface area contributed by atoms with Crippen molar-refractivity contribution < 1.29 is 0 Å². The van der Waals surface area contributed by atoms with Crippen molar-refractivity contribution in [3.05, 3.63) is 17.8 Å². The third kappa shape index (κ3) is 2.67. The van der Waals surface area contributed by atoms with Gasteiger partial charge < -0.3 is 4.90 Å². The third-order valence-electron chi connectivity index (χ3n) is 3.21. The maximum absolute atomic E-state index is 4.52. The Morgan fingerprint density at radius 1 is 1.33 bits per heavy atom. The summed E-state index contributed by atoms with van der Waals surface area (Å²) in [5.41, 5.74) is 1.05. The molecule has 0 spiro atoms. The van der Waals surface area contributed by atoms with E-state index in [0.717, 1.165) is 36.1 Å². The molecule has 2 aromatic heterocycles. The van der Waals surface area contributed by atoms with Crippen LogP contribution in [0, 0.1) is 0 Å². The van der Waals surface area contributed by atoms with Crippen molar-refractivity contribution in [3.8, 4) is 0 Å². The van der Waals surface area contributed by atoms with Gasteiger partial charge in [-0.2, -0.15) is 0 Å². The molecule has 3 nitrogen and oxygen atoms in total. The van der Waals surface area contributed by atoms with Crippen LogP contribution in [0.15, 0.2) is 17.8 Å². The summed E-state index contributed by atoms with van der Waals surface area (Å²) >= 11 is 5.27. The minimum absolute atomic E-state index is 0.544. The lowest BCUT2D eigenvalue weighted by Gasteiger charge is -2.31. The van der Waals surface area contributed by atoms with Gasteiger partial charge in [0.1, 0.15) is 12.1 Å². The van der Waals surface area contributed by atoms with Gasteiger partial charge in [0.2, 0.25) is 0 Å². The highest BCUT2D eigenvalue weighted by molar-refractivity contribution is 9.09. The minimum atomic E-state index is 0.544. The standard InChI is InChI=1S/C13H18BrN3S/c1-3-10(4-2)17(7-6-14)13-12-11(5-8-18-12)15-9-16-13/h5,8-10H,3-4,6-7H2,1-2H3. The summed E-state index contributed by atoms with van der Waals surface area (Å²) in [6.45, 7) is 5.46. The van der Waals surface area contributed by atoms with Gasteiger partial charge in [-0.15, -0.1) is 11.3 Å². The summed E-state index contributed by atoms with van der Waals surface area (Å²) in [5.74, 6) is 1.09. The normalized spacial score (nSPS) is 11.3. The number of hydrogen-bond donors (Lipinski definition) is 0. The molecule has 2 rings (SSSR count). The van der Waals surface area contributed by atoms with Crippen molar-refractivity contribution >= 4 is 43.3 Å². The van der Waals surface area contributed by atoms with Crippen LogP contribution in [0.5, 0.6) is 0 Å². The van der Waals surface area contributed by atoms with Gasteiger partial charge in [-0.25, -0.2) is 9.97 Å². The molecule has 0 aliphatic heterocycles. The monoisotopic (exact) mass is 327 g/mol. The van der Waals surface area contributed by atoms with Gasteiger partial charge in [0.25, 0.3) is 0 Å². The minimum Gasteiger partial charge on any atom is -0.352 e. The summed E-state index contributed by atoms with van der Waals surface area (Å²) in [4.78, 5) is 11.2. The fraction of sp³-hybridized carbons (Fsp3) is 0.538. The van der Waals surface area contributed by atoms with E-state index in [1.165, 1.54) is 4.70 Å². The van der Waals surface area contributed by atoms with Crippen molar-refractivity contribution in [1.29, 1.82) is 0 Å². The molecule has 98 valence electrons. The number of halogens is 1. The lowest BCUT2D eigenvalue weighted by molar-refractivity contribution is 0.565. The Labute approximate surface area is 120 Å². The number of hydrogen-bond acceptors (Lipinski definition) is 4. The van der Waals surface area contributed by atoms with E-state index in [9.17, 15) is 0 Å². The molecule has 18 heavy (non-hydrogen) atoms. The number of anilines is 1. The molecular weight excluding hydrogens is 310 g/mol. The Bertz CT molecular complexity index is 496. The van der Waals surface area contributed by atoms with Crippen LogP contribution in [-0.2, 0) is 0 Å². The van der Waals surface area contributed by atoms with Crippen LogP contribution >= 0.6 is 27.3 Å². The van der Waals surface area contributed by atoms with E-state index in [0.29, 0.717) is 6.04 Å². The molecule has 0 aliphatic rings. The van der Waals surface area contributed by atoms with Crippen LogP contribution < -0.4 is 4.90 Å². The zero-order chi connectivity index (χ0) is 13.0. The van der Waals surface area contributed by atoms with Gasteiger partial charge in [0.15, 0.2) is 0 Å². The molecule has 0 saturated carbocycles. The lowest BCUT2D eigenvalue weighted by Crippen LogP contribution is -2.36. The number of alkyl halides is 1. The molecule has 0 aliphatic carbocycles. The fourth-order valence-corrected chi connectivity index (χ4v) is 3.49. The Morgan fingerprint density at radius 2 is 2.11 bits per heavy atom. The van der Waals surface area contributed by atoms with E-state index < -0.39 is 0 Å². The van der Waals surface area contributed by atoms with Crippen molar-refractivity contribution in [2.45, 2.75) is 32.7 Å². The van der Waals surface area contributed by atoms with Gasteiger partial charge >= 0.3 is 0 Å². The highest BCUT2D eigenvalue weighted by Gasteiger charge is 2.19. The summed E-state index contributed by atoms with van der Waals surface area (Å²) in [6.07, 6.45) is 3.95. The largest absolute Gasteiger partial charge is 0.352 e. The first-order chi connectivity index (χ1) is 8.81. The number of fused-ring (bicyclic) bond motifs is 1. The van der Waals surface area contributed by atoms with Gasteiger partial charge in [0, 0.05) is 17.9 Å². The molecule has 0 bridgehead atoms. The molecule has 0 atom stereocenters. The molecule has 0 radical (unpaired) electrons. The van der Waals surface area contributed by atoms with Crippen LogP contribution in [0.25, 0.3) is 10.2 Å². The van der Waals surface area contributed by atoms with Crippen LogP contribution in [0.4, 0.5) is 5.82 Å². The predicted octanol–water partition coefficient (Wildman–Crippen LogP) is 4.08. The van der Waals surface area contributed by atoms with Gasteiger partial charge in [-0.3, -0.25) is 0 Å². The second-order valence-electron chi connectivity index (χ2n) is 4.18. The first-order valence-corrected chi connectivity index (χ1v) is 8.32.